The molecule has 0 spiro atoms. The standard InChI is InChI=1S/C20H16Cl3N3O5/c1-13(30-16-5-2-14(21)3-6-16)31-20(17-7-4-15(22)10-18(17)23)19(11-29-26(27)28)25-9-8-24-12-25/h2-10,12-13H,11H2,1H3/b20-19-. The van der Waals surface area contributed by atoms with Gasteiger partial charge in [-0.1, -0.05) is 34.8 Å². The van der Waals surface area contributed by atoms with Gasteiger partial charge < -0.3 is 18.9 Å². The molecule has 0 radical (unpaired) electrons. The SMILES string of the molecule is CC(O/C(=C(/CO[N+](=O)[O-])n1ccnc1)c1ccc(Cl)cc1Cl)Oc1ccc(Cl)cc1. The van der Waals surface area contributed by atoms with Crippen LogP contribution in [0.3, 0.4) is 0 Å². The monoisotopic (exact) mass is 483 g/mol. The number of hydrogen-bond donors (Lipinski definition) is 0. The van der Waals surface area contributed by atoms with Gasteiger partial charge in [0.15, 0.2) is 5.76 Å². The van der Waals surface area contributed by atoms with Crippen molar-refractivity contribution in [2.75, 3.05) is 6.61 Å². The van der Waals surface area contributed by atoms with Crippen molar-refractivity contribution in [3.05, 3.63) is 91.9 Å². The van der Waals surface area contributed by atoms with Gasteiger partial charge in [-0.15, -0.1) is 10.1 Å². The maximum absolute atomic E-state index is 10.9. The smallest absolute Gasteiger partial charge is 0.294 e. The van der Waals surface area contributed by atoms with Gasteiger partial charge in [0.25, 0.3) is 5.09 Å². The quantitative estimate of drug-likeness (QED) is 0.165. The Morgan fingerprint density at radius 1 is 1.16 bits per heavy atom. The minimum Gasteiger partial charge on any atom is -0.455 e. The van der Waals surface area contributed by atoms with E-state index in [1.165, 1.54) is 23.2 Å². The summed E-state index contributed by atoms with van der Waals surface area (Å²) in [5.41, 5.74) is 0.721. The van der Waals surface area contributed by atoms with Gasteiger partial charge in [0.1, 0.15) is 12.4 Å². The molecule has 0 fully saturated rings. The molecule has 1 aromatic heterocycles. The van der Waals surface area contributed by atoms with Crippen molar-refractivity contribution < 1.29 is 19.4 Å². The van der Waals surface area contributed by atoms with Crippen molar-refractivity contribution in [1.82, 2.24) is 9.55 Å². The Kier molecular flexibility index (Phi) is 7.62. The molecular formula is C20H16Cl3N3O5. The number of halogens is 3. The van der Waals surface area contributed by atoms with Crippen molar-refractivity contribution in [1.29, 1.82) is 0 Å². The number of aromatic nitrogens is 2. The molecule has 0 aliphatic rings. The molecule has 11 heteroatoms. The maximum atomic E-state index is 10.9. The Morgan fingerprint density at radius 3 is 2.48 bits per heavy atom. The van der Waals surface area contributed by atoms with Crippen LogP contribution in [0.4, 0.5) is 0 Å². The van der Waals surface area contributed by atoms with E-state index in [0.717, 1.165) is 0 Å². The third kappa shape index (κ3) is 6.27. The first-order valence-corrected chi connectivity index (χ1v) is 10.00. The minimum absolute atomic E-state index is 0.197. The molecule has 1 heterocycles. The predicted octanol–water partition coefficient (Wildman–Crippen LogP) is 5.82. The molecule has 31 heavy (non-hydrogen) atoms. The van der Waals surface area contributed by atoms with Crippen LogP contribution in [-0.4, -0.2) is 27.5 Å². The highest BCUT2D eigenvalue weighted by Crippen LogP contribution is 2.33. The van der Waals surface area contributed by atoms with Gasteiger partial charge in [-0.25, -0.2) is 4.98 Å². The Morgan fingerprint density at radius 2 is 1.87 bits per heavy atom. The first-order valence-electron chi connectivity index (χ1n) is 8.86. The highest BCUT2D eigenvalue weighted by atomic mass is 35.5. The van der Waals surface area contributed by atoms with Crippen LogP contribution in [0.1, 0.15) is 12.5 Å². The van der Waals surface area contributed by atoms with E-state index in [4.69, 9.17) is 44.3 Å². The Labute approximate surface area is 192 Å². The highest BCUT2D eigenvalue weighted by Gasteiger charge is 2.21. The number of imidazole rings is 1. The number of rotatable bonds is 9. The molecule has 0 bridgehead atoms. The molecule has 8 nitrogen and oxygen atoms in total. The van der Waals surface area contributed by atoms with Crippen LogP contribution < -0.4 is 4.74 Å². The fourth-order valence-corrected chi connectivity index (χ4v) is 3.27. The fourth-order valence-electron chi connectivity index (χ4n) is 2.65. The lowest BCUT2D eigenvalue weighted by Gasteiger charge is -2.22. The average Bonchev–Trinajstić information content (AvgIpc) is 3.23. The lowest BCUT2D eigenvalue weighted by molar-refractivity contribution is -0.754. The molecule has 0 amide bonds. The van der Waals surface area contributed by atoms with Crippen molar-refractivity contribution in [2.24, 2.45) is 0 Å². The van der Waals surface area contributed by atoms with Crippen molar-refractivity contribution in [3.63, 3.8) is 0 Å². The third-order valence-corrected chi connectivity index (χ3v) is 4.76. The zero-order valence-electron chi connectivity index (χ0n) is 16.1. The first-order chi connectivity index (χ1) is 14.8. The lowest BCUT2D eigenvalue weighted by atomic mass is 10.1. The summed E-state index contributed by atoms with van der Waals surface area (Å²) >= 11 is 18.3. The molecule has 0 saturated carbocycles. The van der Waals surface area contributed by atoms with Gasteiger partial charge in [-0.3, -0.25) is 0 Å². The van der Waals surface area contributed by atoms with E-state index in [9.17, 15) is 10.1 Å². The molecule has 0 aliphatic carbocycles. The summed E-state index contributed by atoms with van der Waals surface area (Å²) in [6.07, 6.45) is 3.76. The van der Waals surface area contributed by atoms with E-state index in [2.05, 4.69) is 9.82 Å². The zero-order chi connectivity index (χ0) is 22.4. The van der Waals surface area contributed by atoms with Crippen molar-refractivity contribution in [2.45, 2.75) is 13.2 Å². The summed E-state index contributed by atoms with van der Waals surface area (Å²) in [6, 6.07) is 11.5. The second kappa shape index (κ2) is 10.4. The number of nitrogens with zero attached hydrogens (tertiary/aromatic N) is 3. The summed E-state index contributed by atoms with van der Waals surface area (Å²) in [5, 5.41) is 11.2. The predicted molar refractivity (Wildman–Crippen MR) is 117 cm³/mol. The van der Waals surface area contributed by atoms with Crippen LogP contribution in [-0.2, 0) is 9.57 Å². The van der Waals surface area contributed by atoms with Crippen molar-refractivity contribution in [3.8, 4) is 5.75 Å². The summed E-state index contributed by atoms with van der Waals surface area (Å²) in [6.45, 7) is 1.24. The van der Waals surface area contributed by atoms with E-state index < -0.39 is 18.0 Å². The van der Waals surface area contributed by atoms with E-state index >= 15 is 0 Å². The second-order valence-electron chi connectivity index (χ2n) is 6.12. The molecule has 3 rings (SSSR count). The van der Waals surface area contributed by atoms with Gasteiger partial charge in [-0.05, 0) is 42.5 Å². The number of benzene rings is 2. The van der Waals surface area contributed by atoms with Gasteiger partial charge in [-0.2, -0.15) is 0 Å². The van der Waals surface area contributed by atoms with Crippen LogP contribution in [0.25, 0.3) is 11.5 Å². The molecule has 0 N–H and O–H groups in total. The molecule has 1 atom stereocenters. The first kappa shape index (κ1) is 22.7. The van der Waals surface area contributed by atoms with Gasteiger partial charge in [0.2, 0.25) is 6.29 Å². The maximum Gasteiger partial charge on any atom is 0.294 e. The van der Waals surface area contributed by atoms with Gasteiger partial charge >= 0.3 is 0 Å². The number of ether oxygens (including phenoxy) is 2. The summed E-state index contributed by atoms with van der Waals surface area (Å²) in [5.74, 6) is 0.715. The molecule has 0 aliphatic heterocycles. The molecule has 3 aromatic rings. The topological polar surface area (TPSA) is 88.7 Å². The molecular weight excluding hydrogens is 469 g/mol. The Balaban J connectivity index is 2.02. The zero-order valence-corrected chi connectivity index (χ0v) is 18.3. The van der Waals surface area contributed by atoms with E-state index in [0.29, 0.717) is 21.4 Å². The normalized spacial score (nSPS) is 12.6. The summed E-state index contributed by atoms with van der Waals surface area (Å²) in [4.78, 5) is 19.5. The lowest BCUT2D eigenvalue weighted by Crippen LogP contribution is -2.19. The summed E-state index contributed by atoms with van der Waals surface area (Å²) < 4.78 is 13.4. The van der Waals surface area contributed by atoms with Crippen LogP contribution in [0, 0.1) is 10.1 Å². The van der Waals surface area contributed by atoms with Gasteiger partial charge in [0, 0.05) is 34.9 Å². The van der Waals surface area contributed by atoms with E-state index in [1.54, 1.807) is 49.5 Å². The fraction of sp³-hybridized carbons (Fsp3) is 0.150. The summed E-state index contributed by atoms with van der Waals surface area (Å²) in [7, 11) is 0. The molecule has 1 unspecified atom stereocenters. The van der Waals surface area contributed by atoms with Crippen LogP contribution in [0.5, 0.6) is 5.75 Å². The van der Waals surface area contributed by atoms with E-state index in [-0.39, 0.29) is 16.5 Å². The van der Waals surface area contributed by atoms with Crippen molar-refractivity contribution >= 4 is 46.3 Å². The Bertz CT molecular complexity index is 1070. The molecule has 2 aromatic carbocycles. The number of hydrogen-bond acceptors (Lipinski definition) is 6. The van der Waals surface area contributed by atoms with Crippen LogP contribution in [0.15, 0.2) is 61.2 Å². The largest absolute Gasteiger partial charge is 0.455 e. The second-order valence-corrected chi connectivity index (χ2v) is 7.40. The molecule has 162 valence electrons. The third-order valence-electron chi connectivity index (χ3n) is 3.96. The molecule has 0 saturated heterocycles. The van der Waals surface area contributed by atoms with E-state index in [1.807, 2.05) is 0 Å². The highest BCUT2D eigenvalue weighted by molar-refractivity contribution is 6.35. The average molecular weight is 485 g/mol. The van der Waals surface area contributed by atoms with Gasteiger partial charge in [0.05, 0.1) is 17.0 Å². The Hall–Kier alpha value is -2.94. The minimum atomic E-state index is -0.897. The van der Waals surface area contributed by atoms with Crippen LogP contribution in [0.2, 0.25) is 15.1 Å². The van der Waals surface area contributed by atoms with Crippen LogP contribution >= 0.6 is 34.8 Å².